The van der Waals surface area contributed by atoms with Crippen LogP contribution in [0.15, 0.2) is 46.3 Å². The minimum atomic E-state index is -4.46. The lowest BCUT2D eigenvalue weighted by Crippen LogP contribution is -2.32. The van der Waals surface area contributed by atoms with Crippen LogP contribution in [0.1, 0.15) is 24.2 Å². The van der Waals surface area contributed by atoms with Crippen molar-refractivity contribution >= 4 is 26.6 Å². The van der Waals surface area contributed by atoms with Gasteiger partial charge in [0.25, 0.3) is 5.91 Å². The van der Waals surface area contributed by atoms with E-state index in [-0.39, 0.29) is 16.4 Å². The molecule has 3 aromatic rings. The van der Waals surface area contributed by atoms with Crippen LogP contribution in [0, 0.1) is 17.6 Å². The third kappa shape index (κ3) is 4.97. The topological polar surface area (TPSA) is 84.3 Å². The van der Waals surface area contributed by atoms with Gasteiger partial charge in [-0.2, -0.15) is 5.10 Å². The zero-order chi connectivity index (χ0) is 23.6. The van der Waals surface area contributed by atoms with Crippen LogP contribution in [0.25, 0.3) is 10.9 Å². The predicted octanol–water partition coefficient (Wildman–Crippen LogP) is 3.09. The molecule has 32 heavy (non-hydrogen) atoms. The van der Waals surface area contributed by atoms with Crippen LogP contribution in [0.4, 0.5) is 8.78 Å². The Morgan fingerprint density at radius 3 is 2.50 bits per heavy atom. The van der Waals surface area contributed by atoms with Crippen LogP contribution >= 0.6 is 0 Å². The summed E-state index contributed by atoms with van der Waals surface area (Å²) < 4.78 is 56.1. The van der Waals surface area contributed by atoms with E-state index in [0.29, 0.717) is 36.6 Å². The van der Waals surface area contributed by atoms with E-state index >= 15 is 0 Å². The molecule has 0 saturated carbocycles. The van der Waals surface area contributed by atoms with Gasteiger partial charge in [-0.05, 0) is 44.3 Å². The van der Waals surface area contributed by atoms with E-state index in [1.54, 1.807) is 4.68 Å². The molecule has 0 radical (unpaired) electrons. The second-order valence-corrected chi connectivity index (χ2v) is 10.2. The molecule has 0 aliphatic rings. The molecule has 3 rings (SSSR count). The van der Waals surface area contributed by atoms with Crippen LogP contribution in [0.3, 0.4) is 0 Å². The summed E-state index contributed by atoms with van der Waals surface area (Å²) >= 11 is 0. The Morgan fingerprint density at radius 1 is 1.16 bits per heavy atom. The number of sulfone groups is 1. The molecule has 1 aromatic heterocycles. The summed E-state index contributed by atoms with van der Waals surface area (Å²) in [4.78, 5) is 13.8. The maximum atomic E-state index is 14.4. The van der Waals surface area contributed by atoms with E-state index in [2.05, 4.69) is 10.4 Å². The van der Waals surface area contributed by atoms with Gasteiger partial charge in [0.05, 0.1) is 22.2 Å². The van der Waals surface area contributed by atoms with Gasteiger partial charge in [-0.15, -0.1) is 0 Å². The van der Waals surface area contributed by atoms with E-state index in [9.17, 15) is 22.0 Å². The van der Waals surface area contributed by atoms with Crippen LogP contribution in [-0.4, -0.2) is 56.2 Å². The average molecular weight is 465 g/mol. The predicted molar refractivity (Wildman–Crippen MR) is 117 cm³/mol. The Hall–Kier alpha value is -2.85. The molecular formula is C22H26F2N4O3S. The van der Waals surface area contributed by atoms with E-state index < -0.39 is 32.3 Å². The number of amides is 1. The normalized spacial score (nSPS) is 12.1. The van der Waals surface area contributed by atoms with Gasteiger partial charge in [-0.25, -0.2) is 17.2 Å². The molecule has 0 atom stereocenters. The summed E-state index contributed by atoms with van der Waals surface area (Å²) in [6.45, 7) is 5.44. The standard InChI is InChI=1S/C22H26F2N4O3S/c1-14(2)13-28-19-11-17(22(29)25-7-8-27(3)4)21(9-15(19)12-26-28)32(30,31)20-6-5-16(23)10-18(20)24/h5-6,9-12,14H,7-8,13H2,1-4H3,(H,25,29). The van der Waals surface area contributed by atoms with Gasteiger partial charge in [0.2, 0.25) is 9.84 Å². The second-order valence-electron chi connectivity index (χ2n) is 8.27. The van der Waals surface area contributed by atoms with E-state index in [1.165, 1.54) is 18.3 Å². The molecule has 0 unspecified atom stereocenters. The fourth-order valence-electron chi connectivity index (χ4n) is 3.30. The van der Waals surface area contributed by atoms with Crippen molar-refractivity contribution in [1.29, 1.82) is 0 Å². The first-order chi connectivity index (χ1) is 15.0. The summed E-state index contributed by atoms with van der Waals surface area (Å²) in [6.07, 6.45) is 1.51. The van der Waals surface area contributed by atoms with Crippen LogP contribution < -0.4 is 5.32 Å². The molecule has 2 aromatic carbocycles. The number of likely N-dealkylation sites (N-methyl/N-ethyl adjacent to an activating group) is 1. The molecule has 1 heterocycles. The maximum Gasteiger partial charge on any atom is 0.252 e. The Labute approximate surface area is 185 Å². The summed E-state index contributed by atoms with van der Waals surface area (Å²) in [5, 5.41) is 7.51. The second kappa shape index (κ2) is 9.33. The lowest BCUT2D eigenvalue weighted by atomic mass is 10.1. The largest absolute Gasteiger partial charge is 0.351 e. The van der Waals surface area contributed by atoms with Crippen molar-refractivity contribution in [2.24, 2.45) is 5.92 Å². The number of hydrogen-bond donors (Lipinski definition) is 1. The fraction of sp³-hybridized carbons (Fsp3) is 0.364. The number of benzene rings is 2. The number of fused-ring (bicyclic) bond motifs is 1. The van der Waals surface area contributed by atoms with Crippen molar-refractivity contribution in [2.75, 3.05) is 27.2 Å². The van der Waals surface area contributed by atoms with Crippen molar-refractivity contribution in [1.82, 2.24) is 20.0 Å². The van der Waals surface area contributed by atoms with Crippen LogP contribution in [-0.2, 0) is 16.4 Å². The van der Waals surface area contributed by atoms with Gasteiger partial charge in [-0.1, -0.05) is 13.8 Å². The third-order valence-corrected chi connectivity index (χ3v) is 6.67. The Kier molecular flexibility index (Phi) is 6.94. The number of aromatic nitrogens is 2. The highest BCUT2D eigenvalue weighted by molar-refractivity contribution is 7.91. The van der Waals surface area contributed by atoms with E-state index in [1.807, 2.05) is 32.8 Å². The third-order valence-electron chi connectivity index (χ3n) is 4.84. The minimum absolute atomic E-state index is 0.120. The Bertz CT molecular complexity index is 1250. The summed E-state index contributed by atoms with van der Waals surface area (Å²) in [5.41, 5.74) is 0.473. The lowest BCUT2D eigenvalue weighted by molar-refractivity contribution is 0.0948. The molecule has 0 aliphatic heterocycles. The SMILES string of the molecule is CC(C)Cn1ncc2cc(S(=O)(=O)c3ccc(F)cc3F)c(C(=O)NCCN(C)C)cc21. The average Bonchev–Trinajstić information content (AvgIpc) is 3.07. The van der Waals surface area contributed by atoms with Crippen molar-refractivity contribution in [2.45, 2.75) is 30.2 Å². The minimum Gasteiger partial charge on any atom is -0.351 e. The van der Waals surface area contributed by atoms with E-state index in [4.69, 9.17) is 0 Å². The van der Waals surface area contributed by atoms with Gasteiger partial charge in [0.1, 0.15) is 16.5 Å². The lowest BCUT2D eigenvalue weighted by Gasteiger charge is -2.15. The molecule has 7 nitrogen and oxygen atoms in total. The molecule has 0 aliphatic carbocycles. The highest BCUT2D eigenvalue weighted by Gasteiger charge is 2.29. The molecule has 0 spiro atoms. The maximum absolute atomic E-state index is 14.4. The van der Waals surface area contributed by atoms with Gasteiger partial charge < -0.3 is 10.2 Å². The van der Waals surface area contributed by atoms with Crippen LogP contribution in [0.5, 0.6) is 0 Å². The van der Waals surface area contributed by atoms with Crippen molar-refractivity contribution < 1.29 is 22.0 Å². The molecule has 0 bridgehead atoms. The van der Waals surface area contributed by atoms with Crippen LogP contribution in [0.2, 0.25) is 0 Å². The number of nitrogens with one attached hydrogen (secondary N) is 1. The zero-order valence-corrected chi connectivity index (χ0v) is 19.2. The van der Waals surface area contributed by atoms with Crippen molar-refractivity contribution in [3.8, 4) is 0 Å². The molecule has 172 valence electrons. The van der Waals surface area contributed by atoms with E-state index in [0.717, 1.165) is 12.1 Å². The molecule has 0 saturated heterocycles. The number of hydrogen-bond acceptors (Lipinski definition) is 5. The molecule has 10 heteroatoms. The zero-order valence-electron chi connectivity index (χ0n) is 18.4. The van der Waals surface area contributed by atoms with Crippen molar-refractivity contribution in [3.63, 3.8) is 0 Å². The summed E-state index contributed by atoms with van der Waals surface area (Å²) in [7, 11) is -0.772. The van der Waals surface area contributed by atoms with Gasteiger partial charge in [0.15, 0.2) is 0 Å². The first-order valence-electron chi connectivity index (χ1n) is 10.1. The number of nitrogens with zero attached hydrogens (tertiary/aromatic N) is 3. The molecule has 1 amide bonds. The Balaban J connectivity index is 2.17. The molecular weight excluding hydrogens is 438 g/mol. The smallest absolute Gasteiger partial charge is 0.252 e. The first-order valence-corrected chi connectivity index (χ1v) is 11.6. The van der Waals surface area contributed by atoms with Gasteiger partial charge in [-0.3, -0.25) is 9.48 Å². The number of halogens is 2. The number of rotatable bonds is 8. The molecule has 0 fully saturated rings. The van der Waals surface area contributed by atoms with Crippen molar-refractivity contribution in [3.05, 3.63) is 53.7 Å². The quantitative estimate of drug-likeness (QED) is 0.518. The van der Waals surface area contributed by atoms with Gasteiger partial charge in [0, 0.05) is 31.1 Å². The van der Waals surface area contributed by atoms with Gasteiger partial charge >= 0.3 is 0 Å². The monoisotopic (exact) mass is 464 g/mol. The fourth-order valence-corrected chi connectivity index (χ4v) is 4.82. The number of carbonyl (C=O) groups excluding carboxylic acids is 1. The summed E-state index contributed by atoms with van der Waals surface area (Å²) in [5.74, 6) is -2.45. The summed E-state index contributed by atoms with van der Waals surface area (Å²) in [6, 6.07) is 5.01. The molecule has 1 N–H and O–H groups in total. The highest BCUT2D eigenvalue weighted by atomic mass is 32.2. The first kappa shape index (κ1) is 23.8. The Morgan fingerprint density at radius 2 is 1.88 bits per heavy atom. The number of carbonyl (C=O) groups is 1. The highest BCUT2D eigenvalue weighted by Crippen LogP contribution is 2.30.